The molecular formula is C17H21N5O3. The lowest BCUT2D eigenvalue weighted by Gasteiger charge is -2.21. The number of rotatable bonds is 4. The molecular weight excluding hydrogens is 322 g/mol. The van der Waals surface area contributed by atoms with E-state index in [1.165, 1.54) is 17.0 Å². The van der Waals surface area contributed by atoms with E-state index in [1.54, 1.807) is 14.2 Å². The number of amides is 2. The van der Waals surface area contributed by atoms with Crippen LogP contribution in [0.5, 0.6) is 5.75 Å². The molecule has 8 nitrogen and oxygen atoms in total. The fourth-order valence-corrected chi connectivity index (χ4v) is 2.90. The molecule has 0 aliphatic carbocycles. The average Bonchev–Trinajstić information content (AvgIpc) is 3.07. The zero-order valence-electron chi connectivity index (χ0n) is 14.2. The highest BCUT2D eigenvalue weighted by molar-refractivity contribution is 5.88. The number of carbonyl (C=O) groups excluding carboxylic acids is 1. The van der Waals surface area contributed by atoms with E-state index in [2.05, 4.69) is 20.5 Å². The molecule has 1 aromatic heterocycles. The van der Waals surface area contributed by atoms with Crippen molar-refractivity contribution in [3.63, 3.8) is 0 Å². The van der Waals surface area contributed by atoms with Crippen molar-refractivity contribution >= 4 is 17.5 Å². The van der Waals surface area contributed by atoms with Crippen molar-refractivity contribution in [2.75, 3.05) is 30.4 Å². The van der Waals surface area contributed by atoms with E-state index in [0.29, 0.717) is 6.54 Å². The first-order valence-electron chi connectivity index (χ1n) is 8.05. The molecule has 1 aliphatic heterocycles. The summed E-state index contributed by atoms with van der Waals surface area (Å²) in [6.45, 7) is 1.49. The molecule has 25 heavy (non-hydrogen) atoms. The van der Waals surface area contributed by atoms with E-state index in [-0.39, 0.29) is 17.4 Å². The number of urea groups is 1. The third kappa shape index (κ3) is 3.73. The summed E-state index contributed by atoms with van der Waals surface area (Å²) in [7, 11) is 3.25. The number of hydrogen-bond donors (Lipinski definition) is 2. The van der Waals surface area contributed by atoms with E-state index >= 15 is 0 Å². The Morgan fingerprint density at radius 1 is 1.36 bits per heavy atom. The van der Waals surface area contributed by atoms with Gasteiger partial charge in [0.1, 0.15) is 5.75 Å². The number of carbonyl (C=O) groups is 1. The second-order valence-corrected chi connectivity index (χ2v) is 5.89. The molecule has 1 atom stereocenters. The normalized spacial score (nSPS) is 16.6. The van der Waals surface area contributed by atoms with Gasteiger partial charge in [-0.15, -0.1) is 0 Å². The molecule has 0 unspecified atom stereocenters. The predicted octanol–water partition coefficient (Wildman–Crippen LogP) is 1.19. The molecule has 0 bridgehead atoms. The van der Waals surface area contributed by atoms with Gasteiger partial charge in [0.15, 0.2) is 0 Å². The Labute approximate surface area is 145 Å². The SMILES string of the molecule is COc1ccccc1N1CC[C@H](NC(=O)Nc2nccn(C)c2=O)C1. The number of aryl methyl sites for hydroxylation is 1. The summed E-state index contributed by atoms with van der Waals surface area (Å²) in [5.74, 6) is 0.826. The van der Waals surface area contributed by atoms with Crippen LogP contribution in [0.15, 0.2) is 41.5 Å². The number of para-hydroxylation sites is 2. The number of benzene rings is 1. The van der Waals surface area contributed by atoms with Crippen LogP contribution in [0, 0.1) is 0 Å². The molecule has 1 saturated heterocycles. The van der Waals surface area contributed by atoms with Gasteiger partial charge in [0.05, 0.1) is 12.8 Å². The van der Waals surface area contributed by atoms with Gasteiger partial charge in [-0.3, -0.25) is 10.1 Å². The zero-order chi connectivity index (χ0) is 17.8. The van der Waals surface area contributed by atoms with Crippen molar-refractivity contribution in [2.24, 2.45) is 7.05 Å². The van der Waals surface area contributed by atoms with Crippen LogP contribution in [0.3, 0.4) is 0 Å². The van der Waals surface area contributed by atoms with Crippen LogP contribution >= 0.6 is 0 Å². The van der Waals surface area contributed by atoms with Crippen molar-refractivity contribution in [3.8, 4) is 5.75 Å². The van der Waals surface area contributed by atoms with E-state index in [4.69, 9.17) is 4.74 Å². The molecule has 2 aromatic rings. The summed E-state index contributed by atoms with van der Waals surface area (Å²) < 4.78 is 6.75. The quantitative estimate of drug-likeness (QED) is 0.871. The standard InChI is InChI=1S/C17H21N5O3/c1-21-10-8-18-15(16(21)23)20-17(24)19-12-7-9-22(11-12)13-5-3-4-6-14(13)25-2/h3-6,8,10,12H,7,9,11H2,1-2H3,(H2,18,19,20,24)/t12-/m0/s1. The molecule has 0 spiro atoms. The summed E-state index contributed by atoms with van der Waals surface area (Å²) >= 11 is 0. The smallest absolute Gasteiger partial charge is 0.320 e. The van der Waals surface area contributed by atoms with Crippen molar-refractivity contribution in [1.82, 2.24) is 14.9 Å². The van der Waals surface area contributed by atoms with Crippen LogP contribution < -0.4 is 25.8 Å². The van der Waals surface area contributed by atoms with Gasteiger partial charge < -0.3 is 19.5 Å². The minimum atomic E-state index is -0.428. The van der Waals surface area contributed by atoms with E-state index < -0.39 is 6.03 Å². The number of nitrogens with zero attached hydrogens (tertiary/aromatic N) is 3. The molecule has 1 aromatic carbocycles. The van der Waals surface area contributed by atoms with Crippen LogP contribution in [-0.2, 0) is 7.05 Å². The van der Waals surface area contributed by atoms with Crippen molar-refractivity contribution in [1.29, 1.82) is 0 Å². The fraction of sp³-hybridized carbons (Fsp3) is 0.353. The number of hydrogen-bond acceptors (Lipinski definition) is 5. The molecule has 8 heteroatoms. The highest BCUT2D eigenvalue weighted by Crippen LogP contribution is 2.30. The molecule has 1 fully saturated rings. The number of aromatic nitrogens is 2. The van der Waals surface area contributed by atoms with Crippen molar-refractivity contribution < 1.29 is 9.53 Å². The van der Waals surface area contributed by atoms with Crippen LogP contribution in [0.1, 0.15) is 6.42 Å². The third-order valence-electron chi connectivity index (χ3n) is 4.20. The largest absolute Gasteiger partial charge is 0.495 e. The minimum Gasteiger partial charge on any atom is -0.495 e. The zero-order valence-corrected chi connectivity index (χ0v) is 14.2. The number of methoxy groups -OCH3 is 1. The second kappa shape index (κ2) is 7.25. The number of nitrogens with one attached hydrogen (secondary N) is 2. The fourth-order valence-electron chi connectivity index (χ4n) is 2.90. The monoisotopic (exact) mass is 343 g/mol. The summed E-state index contributed by atoms with van der Waals surface area (Å²) in [6.07, 6.45) is 3.81. The lowest BCUT2D eigenvalue weighted by Crippen LogP contribution is -2.41. The molecule has 2 amide bonds. The van der Waals surface area contributed by atoms with E-state index in [1.807, 2.05) is 24.3 Å². The van der Waals surface area contributed by atoms with Gasteiger partial charge in [0.2, 0.25) is 5.82 Å². The maximum Gasteiger partial charge on any atom is 0.320 e. The van der Waals surface area contributed by atoms with Gasteiger partial charge in [0.25, 0.3) is 5.56 Å². The van der Waals surface area contributed by atoms with Crippen molar-refractivity contribution in [2.45, 2.75) is 12.5 Å². The molecule has 2 heterocycles. The van der Waals surface area contributed by atoms with Crippen LogP contribution in [-0.4, -0.2) is 41.8 Å². The Bertz CT molecular complexity index is 820. The van der Waals surface area contributed by atoms with E-state index in [9.17, 15) is 9.59 Å². The first-order chi connectivity index (χ1) is 12.1. The first kappa shape index (κ1) is 16.8. The summed E-state index contributed by atoms with van der Waals surface area (Å²) in [5, 5.41) is 5.41. The predicted molar refractivity (Wildman–Crippen MR) is 95.2 cm³/mol. The Hall–Kier alpha value is -3.03. The Morgan fingerprint density at radius 2 is 2.16 bits per heavy atom. The maximum atomic E-state index is 12.1. The highest BCUT2D eigenvalue weighted by Gasteiger charge is 2.26. The Balaban J connectivity index is 1.60. The second-order valence-electron chi connectivity index (χ2n) is 5.89. The van der Waals surface area contributed by atoms with Gasteiger partial charge in [-0.1, -0.05) is 12.1 Å². The van der Waals surface area contributed by atoms with Gasteiger partial charge >= 0.3 is 6.03 Å². The first-order valence-corrected chi connectivity index (χ1v) is 8.05. The molecule has 1 aliphatic rings. The Morgan fingerprint density at radius 3 is 2.96 bits per heavy atom. The van der Waals surface area contributed by atoms with Gasteiger partial charge in [-0.2, -0.15) is 0 Å². The lowest BCUT2D eigenvalue weighted by atomic mass is 10.2. The minimum absolute atomic E-state index is 0.0158. The third-order valence-corrected chi connectivity index (χ3v) is 4.20. The number of ether oxygens (including phenoxy) is 1. The summed E-state index contributed by atoms with van der Waals surface area (Å²) in [5.41, 5.74) is 0.660. The lowest BCUT2D eigenvalue weighted by molar-refractivity contribution is 0.249. The molecule has 2 N–H and O–H groups in total. The van der Waals surface area contributed by atoms with E-state index in [0.717, 1.165) is 24.4 Å². The maximum absolute atomic E-state index is 12.1. The van der Waals surface area contributed by atoms with Crippen LogP contribution in [0.4, 0.5) is 16.3 Å². The van der Waals surface area contributed by atoms with Gasteiger partial charge in [-0.05, 0) is 18.6 Å². The van der Waals surface area contributed by atoms with Crippen LogP contribution in [0.2, 0.25) is 0 Å². The van der Waals surface area contributed by atoms with Crippen LogP contribution in [0.25, 0.3) is 0 Å². The summed E-state index contributed by atoms with van der Waals surface area (Å²) in [4.78, 5) is 30.1. The Kier molecular flexibility index (Phi) is 4.87. The summed E-state index contributed by atoms with van der Waals surface area (Å²) in [6, 6.07) is 7.36. The molecule has 3 rings (SSSR count). The van der Waals surface area contributed by atoms with Gasteiger partial charge in [-0.25, -0.2) is 9.78 Å². The number of anilines is 2. The average molecular weight is 343 g/mol. The molecule has 0 radical (unpaired) electrons. The topological polar surface area (TPSA) is 88.5 Å². The van der Waals surface area contributed by atoms with Crippen molar-refractivity contribution in [3.05, 3.63) is 47.0 Å². The highest BCUT2D eigenvalue weighted by atomic mass is 16.5. The molecule has 132 valence electrons. The molecule has 0 saturated carbocycles. The van der Waals surface area contributed by atoms with Gasteiger partial charge in [0, 0.05) is 38.6 Å².